The van der Waals surface area contributed by atoms with Crippen molar-refractivity contribution in [3.63, 3.8) is 0 Å². The van der Waals surface area contributed by atoms with E-state index >= 15 is 0 Å². The van der Waals surface area contributed by atoms with Crippen molar-refractivity contribution in [1.29, 1.82) is 0 Å². The summed E-state index contributed by atoms with van der Waals surface area (Å²) in [4.78, 5) is 11.9. The van der Waals surface area contributed by atoms with Gasteiger partial charge in [0.15, 0.2) is 0 Å². The molecular weight excluding hydrogens is 224 g/mol. The molecule has 1 unspecified atom stereocenters. The third-order valence-electron chi connectivity index (χ3n) is 3.55. The lowest BCUT2D eigenvalue weighted by Gasteiger charge is -2.23. The molecule has 0 saturated carbocycles. The Labute approximate surface area is 109 Å². The molecule has 1 aliphatic heterocycles. The standard InChI is InChI=1S/C15H22N2O/c1-2-12-6-8-13(9-7-12)15(18)17-11-14-5-3-4-10-16-14/h6-9,14,16H,2-5,10-11H2,1H3,(H,17,18). The normalized spacial score (nSPS) is 19.5. The zero-order valence-electron chi connectivity index (χ0n) is 11.0. The van der Waals surface area contributed by atoms with Gasteiger partial charge in [0.05, 0.1) is 0 Å². The Morgan fingerprint density at radius 2 is 2.11 bits per heavy atom. The molecule has 18 heavy (non-hydrogen) atoms. The van der Waals surface area contributed by atoms with E-state index in [0.29, 0.717) is 6.04 Å². The first kappa shape index (κ1) is 13.1. The largest absolute Gasteiger partial charge is 0.350 e. The highest BCUT2D eigenvalue weighted by Gasteiger charge is 2.13. The summed E-state index contributed by atoms with van der Waals surface area (Å²) < 4.78 is 0. The van der Waals surface area contributed by atoms with Crippen molar-refractivity contribution >= 4 is 5.91 Å². The van der Waals surface area contributed by atoms with E-state index in [-0.39, 0.29) is 5.91 Å². The number of hydrogen-bond acceptors (Lipinski definition) is 2. The molecule has 1 aromatic carbocycles. The number of nitrogens with one attached hydrogen (secondary N) is 2. The molecule has 2 N–H and O–H groups in total. The molecule has 1 saturated heterocycles. The summed E-state index contributed by atoms with van der Waals surface area (Å²) in [5, 5.41) is 6.43. The number of carbonyl (C=O) groups excluding carboxylic acids is 1. The topological polar surface area (TPSA) is 41.1 Å². The van der Waals surface area contributed by atoms with Gasteiger partial charge < -0.3 is 10.6 Å². The molecule has 2 rings (SSSR count). The monoisotopic (exact) mass is 246 g/mol. The van der Waals surface area contributed by atoms with E-state index in [4.69, 9.17) is 0 Å². The van der Waals surface area contributed by atoms with Crippen LogP contribution in [0, 0.1) is 0 Å². The molecule has 3 heteroatoms. The minimum absolute atomic E-state index is 0.0324. The fourth-order valence-electron chi connectivity index (χ4n) is 2.31. The van der Waals surface area contributed by atoms with Crippen LogP contribution in [0.4, 0.5) is 0 Å². The summed E-state index contributed by atoms with van der Waals surface area (Å²) >= 11 is 0. The molecule has 0 spiro atoms. The van der Waals surface area contributed by atoms with Gasteiger partial charge in [0, 0.05) is 18.2 Å². The van der Waals surface area contributed by atoms with E-state index in [0.717, 1.165) is 31.5 Å². The molecule has 98 valence electrons. The van der Waals surface area contributed by atoms with Crippen molar-refractivity contribution in [3.8, 4) is 0 Å². The van der Waals surface area contributed by atoms with Gasteiger partial charge in [0.25, 0.3) is 5.91 Å². The zero-order valence-corrected chi connectivity index (χ0v) is 11.0. The van der Waals surface area contributed by atoms with Crippen LogP contribution in [0.3, 0.4) is 0 Å². The van der Waals surface area contributed by atoms with E-state index in [2.05, 4.69) is 17.6 Å². The second kappa shape index (κ2) is 6.55. The van der Waals surface area contributed by atoms with Gasteiger partial charge >= 0.3 is 0 Å². The lowest BCUT2D eigenvalue weighted by atomic mass is 10.0. The van der Waals surface area contributed by atoms with Crippen LogP contribution in [-0.4, -0.2) is 25.0 Å². The van der Waals surface area contributed by atoms with Crippen molar-refractivity contribution in [2.45, 2.75) is 38.6 Å². The Bertz CT molecular complexity index is 380. The molecule has 1 aliphatic rings. The van der Waals surface area contributed by atoms with E-state index in [1.165, 1.54) is 18.4 Å². The first-order valence-corrected chi connectivity index (χ1v) is 6.90. The average Bonchev–Trinajstić information content (AvgIpc) is 2.46. The van der Waals surface area contributed by atoms with E-state index in [1.54, 1.807) is 0 Å². The van der Waals surface area contributed by atoms with Crippen molar-refractivity contribution in [1.82, 2.24) is 10.6 Å². The summed E-state index contributed by atoms with van der Waals surface area (Å²) in [7, 11) is 0. The van der Waals surface area contributed by atoms with Gasteiger partial charge in [-0.2, -0.15) is 0 Å². The Balaban J connectivity index is 1.82. The quantitative estimate of drug-likeness (QED) is 0.854. The highest BCUT2D eigenvalue weighted by molar-refractivity contribution is 5.94. The van der Waals surface area contributed by atoms with Gasteiger partial charge in [-0.05, 0) is 43.5 Å². The fourth-order valence-corrected chi connectivity index (χ4v) is 2.31. The second-order valence-electron chi connectivity index (χ2n) is 4.91. The summed E-state index contributed by atoms with van der Waals surface area (Å²) in [6.45, 7) is 3.92. The minimum Gasteiger partial charge on any atom is -0.350 e. The second-order valence-corrected chi connectivity index (χ2v) is 4.91. The number of aryl methyl sites for hydroxylation is 1. The minimum atomic E-state index is 0.0324. The Kier molecular flexibility index (Phi) is 4.76. The maximum Gasteiger partial charge on any atom is 0.251 e. The van der Waals surface area contributed by atoms with Gasteiger partial charge in [-0.15, -0.1) is 0 Å². The summed E-state index contributed by atoms with van der Waals surface area (Å²) in [5.41, 5.74) is 2.02. The van der Waals surface area contributed by atoms with Crippen LogP contribution < -0.4 is 10.6 Å². The maximum atomic E-state index is 11.9. The number of rotatable bonds is 4. The number of amides is 1. The summed E-state index contributed by atoms with van der Waals surface area (Å²) in [6.07, 6.45) is 4.69. The molecule has 0 aliphatic carbocycles. The SMILES string of the molecule is CCc1ccc(C(=O)NCC2CCCCN2)cc1. The van der Waals surface area contributed by atoms with E-state index in [9.17, 15) is 4.79 Å². The Morgan fingerprint density at radius 1 is 1.33 bits per heavy atom. The first-order chi connectivity index (χ1) is 8.79. The van der Waals surface area contributed by atoms with E-state index in [1.807, 2.05) is 24.3 Å². The number of piperidine rings is 1. The molecular formula is C15H22N2O. The lowest BCUT2D eigenvalue weighted by Crippen LogP contribution is -2.43. The van der Waals surface area contributed by atoms with Crippen molar-refractivity contribution in [3.05, 3.63) is 35.4 Å². The highest BCUT2D eigenvalue weighted by Crippen LogP contribution is 2.07. The molecule has 1 fully saturated rings. The van der Waals surface area contributed by atoms with Crippen LogP contribution in [0.25, 0.3) is 0 Å². The predicted molar refractivity (Wildman–Crippen MR) is 73.8 cm³/mol. The lowest BCUT2D eigenvalue weighted by molar-refractivity contribution is 0.0948. The molecule has 1 amide bonds. The molecule has 0 bridgehead atoms. The van der Waals surface area contributed by atoms with Gasteiger partial charge in [0.2, 0.25) is 0 Å². The third kappa shape index (κ3) is 3.57. The molecule has 1 heterocycles. The Hall–Kier alpha value is -1.35. The predicted octanol–water partition coefficient (Wildman–Crippen LogP) is 2.12. The van der Waals surface area contributed by atoms with Crippen LogP contribution in [0.15, 0.2) is 24.3 Å². The average molecular weight is 246 g/mol. The van der Waals surface area contributed by atoms with Crippen LogP contribution in [0.5, 0.6) is 0 Å². The maximum absolute atomic E-state index is 11.9. The van der Waals surface area contributed by atoms with Crippen LogP contribution in [0.2, 0.25) is 0 Å². The molecule has 1 aromatic rings. The Morgan fingerprint density at radius 3 is 2.72 bits per heavy atom. The van der Waals surface area contributed by atoms with E-state index < -0.39 is 0 Å². The van der Waals surface area contributed by atoms with Gasteiger partial charge in [0.1, 0.15) is 0 Å². The van der Waals surface area contributed by atoms with Gasteiger partial charge in [-0.25, -0.2) is 0 Å². The van der Waals surface area contributed by atoms with Crippen molar-refractivity contribution in [2.75, 3.05) is 13.1 Å². The summed E-state index contributed by atoms with van der Waals surface area (Å²) in [5.74, 6) is 0.0324. The van der Waals surface area contributed by atoms with Crippen molar-refractivity contribution < 1.29 is 4.79 Å². The third-order valence-corrected chi connectivity index (χ3v) is 3.55. The molecule has 1 atom stereocenters. The first-order valence-electron chi connectivity index (χ1n) is 6.90. The number of carbonyl (C=O) groups is 1. The zero-order chi connectivity index (χ0) is 12.8. The molecule has 3 nitrogen and oxygen atoms in total. The number of hydrogen-bond donors (Lipinski definition) is 2. The molecule has 0 radical (unpaired) electrons. The fraction of sp³-hybridized carbons (Fsp3) is 0.533. The van der Waals surface area contributed by atoms with Gasteiger partial charge in [-0.3, -0.25) is 4.79 Å². The number of benzene rings is 1. The van der Waals surface area contributed by atoms with Gasteiger partial charge in [-0.1, -0.05) is 25.5 Å². The smallest absolute Gasteiger partial charge is 0.251 e. The van der Waals surface area contributed by atoms with Crippen LogP contribution >= 0.6 is 0 Å². The summed E-state index contributed by atoms with van der Waals surface area (Å²) in [6, 6.07) is 8.30. The van der Waals surface area contributed by atoms with Crippen LogP contribution in [0.1, 0.15) is 42.1 Å². The van der Waals surface area contributed by atoms with Crippen LogP contribution in [-0.2, 0) is 6.42 Å². The highest BCUT2D eigenvalue weighted by atomic mass is 16.1. The van der Waals surface area contributed by atoms with Crippen molar-refractivity contribution in [2.24, 2.45) is 0 Å². The molecule has 0 aromatic heterocycles.